The SMILES string of the molecule is C.C=C.CCC(/C=C1\Sc2cc(C)c(C)cc2N1CS(=O)(=O)[O-])=C\c1[se]c2ccsc2[n+]1CS(=O)(=O)[O-].[K+]. The molecule has 14 heteroatoms. The van der Waals surface area contributed by atoms with Crippen molar-refractivity contribution in [2.24, 2.45) is 0 Å². The third-order valence-electron chi connectivity index (χ3n) is 5.28. The molecular formula is C24H29KN2O6S4Se. The van der Waals surface area contributed by atoms with E-state index in [0.717, 1.165) is 35.3 Å². The van der Waals surface area contributed by atoms with E-state index < -0.39 is 32.0 Å². The number of fused-ring (bicyclic) bond motifs is 2. The number of anilines is 1. The summed E-state index contributed by atoms with van der Waals surface area (Å²) >= 11 is 2.61. The number of thioether (sulfide) groups is 1. The van der Waals surface area contributed by atoms with Crippen molar-refractivity contribution < 1.29 is 81.9 Å². The Morgan fingerprint density at radius 1 is 1.13 bits per heavy atom. The van der Waals surface area contributed by atoms with Crippen molar-refractivity contribution in [3.05, 3.63) is 69.1 Å². The molecule has 0 fully saturated rings. The molecule has 0 amide bonds. The van der Waals surface area contributed by atoms with Gasteiger partial charge in [0.05, 0.1) is 0 Å². The number of rotatable bonds is 7. The zero-order valence-corrected chi connectivity index (χ0v) is 29.0. The van der Waals surface area contributed by atoms with Crippen LogP contribution in [0, 0.1) is 13.8 Å². The van der Waals surface area contributed by atoms with Crippen LogP contribution in [0.5, 0.6) is 0 Å². The first-order valence-electron chi connectivity index (χ1n) is 10.6. The number of aryl methyl sites for hydroxylation is 2. The molecule has 0 atom stereocenters. The Labute approximate surface area is 282 Å². The number of thiophene rings is 1. The molecule has 3 aromatic rings. The molecule has 0 bridgehead atoms. The fourth-order valence-electron chi connectivity index (χ4n) is 3.53. The Hall–Kier alpha value is -0.0642. The smallest absolute Gasteiger partial charge is 1.00 e. The third kappa shape index (κ3) is 8.97. The summed E-state index contributed by atoms with van der Waals surface area (Å²) in [5, 5.41) is 2.48. The van der Waals surface area contributed by atoms with Crippen LogP contribution in [-0.2, 0) is 26.1 Å². The number of hydrogen-bond acceptors (Lipinski definition) is 9. The maximum atomic E-state index is 11.7. The van der Waals surface area contributed by atoms with E-state index in [-0.39, 0.29) is 73.3 Å². The van der Waals surface area contributed by atoms with E-state index in [1.165, 1.54) is 28.0 Å². The van der Waals surface area contributed by atoms with Gasteiger partial charge in [0.2, 0.25) is 0 Å². The molecule has 3 heterocycles. The third-order valence-corrected chi connectivity index (χ3v) is 11.1. The second kappa shape index (κ2) is 14.7. The quantitative estimate of drug-likeness (QED) is 0.159. The molecule has 0 unspecified atom stereocenters. The Morgan fingerprint density at radius 2 is 1.76 bits per heavy atom. The van der Waals surface area contributed by atoms with Gasteiger partial charge in [-0.15, -0.1) is 13.2 Å². The van der Waals surface area contributed by atoms with Gasteiger partial charge >= 0.3 is 265 Å². The monoisotopic (exact) mass is 688 g/mol. The van der Waals surface area contributed by atoms with Crippen LogP contribution in [-0.4, -0.2) is 46.3 Å². The molecule has 38 heavy (non-hydrogen) atoms. The van der Waals surface area contributed by atoms with Gasteiger partial charge < -0.3 is 0 Å². The zero-order valence-electron chi connectivity index (χ0n) is 20.9. The fraction of sp³-hybridized carbons (Fsp3) is 0.292. The molecular weight excluding hydrogens is 659 g/mol. The summed E-state index contributed by atoms with van der Waals surface area (Å²) < 4.78 is 72.9. The molecule has 0 radical (unpaired) electrons. The Kier molecular flexibility index (Phi) is 13.9. The second-order valence-corrected chi connectivity index (χ2v) is 14.8. The topological polar surface area (TPSA) is 122 Å². The molecule has 8 nitrogen and oxygen atoms in total. The van der Waals surface area contributed by atoms with Crippen LogP contribution in [0.25, 0.3) is 15.2 Å². The summed E-state index contributed by atoms with van der Waals surface area (Å²) in [5.74, 6) is -1.32. The van der Waals surface area contributed by atoms with E-state index in [0.29, 0.717) is 17.1 Å². The van der Waals surface area contributed by atoms with Crippen molar-refractivity contribution in [1.29, 1.82) is 0 Å². The summed E-state index contributed by atoms with van der Waals surface area (Å²) in [6.45, 7) is 11.8. The molecule has 202 valence electrons. The van der Waals surface area contributed by atoms with Crippen LogP contribution < -0.4 is 60.9 Å². The van der Waals surface area contributed by atoms with E-state index in [1.54, 1.807) is 4.57 Å². The van der Waals surface area contributed by atoms with Crippen molar-refractivity contribution in [3.63, 3.8) is 0 Å². The van der Waals surface area contributed by atoms with E-state index in [1.807, 2.05) is 56.5 Å². The Morgan fingerprint density at radius 3 is 2.34 bits per heavy atom. The van der Waals surface area contributed by atoms with Gasteiger partial charge in [-0.2, -0.15) is 0 Å². The summed E-state index contributed by atoms with van der Waals surface area (Å²) in [7, 11) is -9.02. The van der Waals surface area contributed by atoms with Crippen molar-refractivity contribution in [2.45, 2.75) is 45.4 Å². The molecule has 1 aliphatic heterocycles. The van der Waals surface area contributed by atoms with Crippen LogP contribution in [0.1, 0.15) is 36.5 Å². The van der Waals surface area contributed by atoms with E-state index in [2.05, 4.69) is 13.2 Å². The van der Waals surface area contributed by atoms with Crippen LogP contribution in [0.15, 0.2) is 58.3 Å². The fourth-order valence-corrected chi connectivity index (χ4v) is 10.1. The number of aromatic nitrogens is 1. The molecule has 0 N–H and O–H groups in total. The largest absolute Gasteiger partial charge is 1.00 e. The average molecular weight is 688 g/mol. The minimum atomic E-state index is -4.54. The first kappa shape index (κ1) is 36.0. The van der Waals surface area contributed by atoms with Gasteiger partial charge in [-0.3, -0.25) is 0 Å². The maximum absolute atomic E-state index is 11.7. The average Bonchev–Trinajstić information content (AvgIpc) is 3.44. The molecule has 0 saturated carbocycles. The van der Waals surface area contributed by atoms with Gasteiger partial charge in [-0.05, 0) is 0 Å². The zero-order chi connectivity index (χ0) is 26.8. The predicted molar refractivity (Wildman–Crippen MR) is 152 cm³/mol. The molecule has 0 spiro atoms. The first-order chi connectivity index (χ1) is 16.8. The van der Waals surface area contributed by atoms with Gasteiger partial charge in [0.25, 0.3) is 0 Å². The molecule has 2 aromatic heterocycles. The van der Waals surface area contributed by atoms with Gasteiger partial charge in [-0.25, -0.2) is 0 Å². The van der Waals surface area contributed by atoms with E-state index in [4.69, 9.17) is 0 Å². The van der Waals surface area contributed by atoms with Gasteiger partial charge in [-0.1, -0.05) is 7.43 Å². The number of nitrogens with zero attached hydrogens (tertiary/aromatic N) is 2. The summed E-state index contributed by atoms with van der Waals surface area (Å²) in [6, 6.07) is 5.79. The summed E-state index contributed by atoms with van der Waals surface area (Å²) in [5.41, 5.74) is 3.56. The molecule has 0 aliphatic carbocycles. The molecule has 0 saturated heterocycles. The van der Waals surface area contributed by atoms with Crippen molar-refractivity contribution in [1.82, 2.24) is 0 Å². The van der Waals surface area contributed by atoms with Gasteiger partial charge in [0, 0.05) is 0 Å². The van der Waals surface area contributed by atoms with Crippen LogP contribution in [0.3, 0.4) is 0 Å². The molecule has 1 aromatic carbocycles. The second-order valence-electron chi connectivity index (χ2n) is 7.82. The predicted octanol–water partition coefficient (Wildman–Crippen LogP) is 1.56. The van der Waals surface area contributed by atoms with Crippen LogP contribution in [0.4, 0.5) is 5.69 Å². The minimum Gasteiger partial charge on any atom is 1.00 e. The summed E-state index contributed by atoms with van der Waals surface area (Å²) in [6.07, 6.45) is 4.29. The standard InChI is InChI=1S/C21H22N2O6S4Se.C2H4.CH4.K/c1-4-15(10-20-23(12-33(27,28)29)21-18(34-20)5-6-30-21)9-19-22(11-32(24,25)26)16-7-13(2)14(3)8-17(16)31-19;1-2;;/h5-10H,4,11-12H2,1-3H3,(H-,24,25,26,27,28,29);1-2H2;1H4;/q;;;+1/p-1. The van der Waals surface area contributed by atoms with Crippen LogP contribution >= 0.6 is 23.1 Å². The van der Waals surface area contributed by atoms with E-state index in [9.17, 15) is 25.9 Å². The number of allylic oxidation sites excluding steroid dienone is 2. The van der Waals surface area contributed by atoms with E-state index >= 15 is 0 Å². The number of hydrogen-bond donors (Lipinski definition) is 0. The van der Waals surface area contributed by atoms with Crippen molar-refractivity contribution >= 4 is 78.7 Å². The molecule has 4 rings (SSSR count). The minimum absolute atomic E-state index is 0. The molecule has 1 aliphatic rings. The van der Waals surface area contributed by atoms with Gasteiger partial charge in [0.15, 0.2) is 0 Å². The van der Waals surface area contributed by atoms with Crippen molar-refractivity contribution in [2.75, 3.05) is 10.8 Å². The number of benzene rings is 1. The maximum Gasteiger partial charge on any atom is 1.00 e. The normalized spacial score (nSPS) is 14.5. The van der Waals surface area contributed by atoms with Gasteiger partial charge in [0.1, 0.15) is 0 Å². The van der Waals surface area contributed by atoms with Crippen LogP contribution in [0.2, 0.25) is 0 Å². The Bertz CT molecular complexity index is 1580. The van der Waals surface area contributed by atoms with Crippen molar-refractivity contribution in [3.8, 4) is 0 Å². The summed E-state index contributed by atoms with van der Waals surface area (Å²) in [4.78, 5) is 3.15. The Balaban J connectivity index is 0.00000176. The first-order valence-corrected chi connectivity index (χ1v) is 17.2.